The Hall–Kier alpha value is -2.70. The average Bonchev–Trinajstić information content (AvgIpc) is 2.38. The topological polar surface area (TPSA) is 84.3 Å². The van der Waals surface area contributed by atoms with Crippen LogP contribution >= 0.6 is 0 Å². The Morgan fingerprint density at radius 2 is 2.00 bits per heavy atom. The Kier molecular flexibility index (Phi) is 3.79. The lowest BCUT2D eigenvalue weighted by Gasteiger charge is -2.12. The van der Waals surface area contributed by atoms with E-state index >= 15 is 0 Å². The number of halogens is 1. The lowest BCUT2D eigenvalue weighted by Crippen LogP contribution is -2.09. The van der Waals surface area contributed by atoms with Crippen molar-refractivity contribution in [3.8, 4) is 17.1 Å². The third kappa shape index (κ3) is 2.82. The molecule has 0 aliphatic carbocycles. The van der Waals surface area contributed by atoms with E-state index < -0.39 is 11.9 Å². The molecule has 1 aromatic heterocycles. The molecule has 2 N–H and O–H groups in total. The lowest BCUT2D eigenvalue weighted by molar-refractivity contribution is 0.209. The number of methoxy groups -OCH3 is 1. The number of aromatic nitrogens is 2. The van der Waals surface area contributed by atoms with Gasteiger partial charge in [0, 0.05) is 18.5 Å². The molecule has 0 unspecified atom stereocenters. The number of nitrogens with zero attached hydrogens (tertiary/aromatic N) is 2. The average molecular weight is 277 g/mol. The highest BCUT2D eigenvalue weighted by Crippen LogP contribution is 2.35. The number of hydrogen-bond donors (Lipinski definition) is 2. The van der Waals surface area contributed by atoms with Crippen molar-refractivity contribution >= 4 is 11.8 Å². The Labute approximate surface area is 114 Å². The van der Waals surface area contributed by atoms with Gasteiger partial charge in [0.1, 0.15) is 5.82 Å². The maximum absolute atomic E-state index is 13.6. The summed E-state index contributed by atoms with van der Waals surface area (Å²) in [6, 6.07) is 2.22. The number of anilines is 1. The minimum absolute atomic E-state index is 0.000764. The molecule has 7 heteroatoms. The predicted molar refractivity (Wildman–Crippen MR) is 70.4 cm³/mol. The van der Waals surface area contributed by atoms with E-state index in [1.165, 1.54) is 13.2 Å². The van der Waals surface area contributed by atoms with Gasteiger partial charge in [0.15, 0.2) is 11.6 Å². The molecular formula is C13H12FN3O3. The molecule has 1 amide bonds. The van der Waals surface area contributed by atoms with Crippen molar-refractivity contribution < 1.29 is 19.0 Å². The molecule has 2 aromatic rings. The largest absolute Gasteiger partial charge is 0.494 e. The molecule has 0 atom stereocenters. The third-order valence-electron chi connectivity index (χ3n) is 2.52. The summed E-state index contributed by atoms with van der Waals surface area (Å²) < 4.78 is 18.8. The molecule has 6 nitrogen and oxygen atoms in total. The fourth-order valence-electron chi connectivity index (χ4n) is 1.72. The Balaban J connectivity index is 2.59. The second-order valence-corrected chi connectivity index (χ2v) is 4.05. The molecular weight excluding hydrogens is 265 g/mol. The Morgan fingerprint density at radius 1 is 1.35 bits per heavy atom. The monoisotopic (exact) mass is 277 g/mol. The standard InChI is InChI=1S/C13H12FN3O3/c1-7-5-15-12(16-6-7)9-3-8(14)4-10(11(9)20-2)17-13(18)19/h3-6,17H,1-2H3,(H,18,19). The van der Waals surface area contributed by atoms with Crippen LogP contribution in [0.5, 0.6) is 5.75 Å². The molecule has 104 valence electrons. The van der Waals surface area contributed by atoms with E-state index in [1.54, 1.807) is 12.4 Å². The maximum atomic E-state index is 13.6. The van der Waals surface area contributed by atoms with Crippen LogP contribution in [0.1, 0.15) is 5.56 Å². The van der Waals surface area contributed by atoms with E-state index in [0.29, 0.717) is 0 Å². The molecule has 20 heavy (non-hydrogen) atoms. The SMILES string of the molecule is COc1c(NC(=O)O)cc(F)cc1-c1ncc(C)cn1. The van der Waals surface area contributed by atoms with Crippen molar-refractivity contribution in [2.45, 2.75) is 6.92 Å². The normalized spacial score (nSPS) is 10.2. The first kappa shape index (κ1) is 13.7. The molecule has 2 rings (SSSR count). The number of ether oxygens (including phenoxy) is 1. The van der Waals surface area contributed by atoms with Crippen molar-refractivity contribution in [2.75, 3.05) is 12.4 Å². The van der Waals surface area contributed by atoms with E-state index in [1.807, 2.05) is 6.92 Å². The van der Waals surface area contributed by atoms with Gasteiger partial charge in [-0.2, -0.15) is 0 Å². The molecule has 0 fully saturated rings. The van der Waals surface area contributed by atoms with Gasteiger partial charge in [0.25, 0.3) is 0 Å². The number of benzene rings is 1. The van der Waals surface area contributed by atoms with Crippen LogP contribution in [0.15, 0.2) is 24.5 Å². The highest BCUT2D eigenvalue weighted by Gasteiger charge is 2.17. The van der Waals surface area contributed by atoms with Crippen LogP contribution in [0, 0.1) is 12.7 Å². The van der Waals surface area contributed by atoms with Crippen LogP contribution in [0.3, 0.4) is 0 Å². The molecule has 0 spiro atoms. The van der Waals surface area contributed by atoms with Crippen LogP contribution in [0.2, 0.25) is 0 Å². The van der Waals surface area contributed by atoms with Gasteiger partial charge in [-0.1, -0.05) is 0 Å². The summed E-state index contributed by atoms with van der Waals surface area (Å²) in [5, 5.41) is 10.8. The first-order valence-corrected chi connectivity index (χ1v) is 5.67. The summed E-state index contributed by atoms with van der Waals surface area (Å²) in [6.07, 6.45) is 1.85. The number of carbonyl (C=O) groups is 1. The second-order valence-electron chi connectivity index (χ2n) is 4.05. The fraction of sp³-hybridized carbons (Fsp3) is 0.154. The van der Waals surface area contributed by atoms with Gasteiger partial charge in [-0.15, -0.1) is 0 Å². The van der Waals surface area contributed by atoms with Crippen molar-refractivity contribution in [1.29, 1.82) is 0 Å². The summed E-state index contributed by atoms with van der Waals surface area (Å²) in [5.41, 5.74) is 1.13. The van der Waals surface area contributed by atoms with E-state index in [0.717, 1.165) is 11.6 Å². The zero-order valence-corrected chi connectivity index (χ0v) is 10.8. The summed E-state index contributed by atoms with van der Waals surface area (Å²) in [4.78, 5) is 18.9. The molecule has 0 aliphatic rings. The summed E-state index contributed by atoms with van der Waals surface area (Å²) in [5.74, 6) is -0.202. The van der Waals surface area contributed by atoms with Gasteiger partial charge in [-0.3, -0.25) is 5.32 Å². The Morgan fingerprint density at radius 3 is 2.55 bits per heavy atom. The van der Waals surface area contributed by atoms with E-state index in [2.05, 4.69) is 15.3 Å². The number of nitrogens with one attached hydrogen (secondary N) is 1. The first-order valence-electron chi connectivity index (χ1n) is 5.67. The first-order chi connectivity index (χ1) is 9.51. The maximum Gasteiger partial charge on any atom is 0.409 e. The lowest BCUT2D eigenvalue weighted by atomic mass is 10.1. The number of aryl methyl sites for hydroxylation is 1. The van der Waals surface area contributed by atoms with Crippen molar-refractivity contribution in [1.82, 2.24) is 9.97 Å². The van der Waals surface area contributed by atoms with Crippen LogP contribution in [0.4, 0.5) is 14.9 Å². The third-order valence-corrected chi connectivity index (χ3v) is 2.52. The molecule has 0 aliphatic heterocycles. The van der Waals surface area contributed by atoms with Crippen molar-refractivity contribution in [3.05, 3.63) is 35.9 Å². The summed E-state index contributed by atoms with van der Waals surface area (Å²) >= 11 is 0. The van der Waals surface area contributed by atoms with Gasteiger partial charge >= 0.3 is 6.09 Å². The highest BCUT2D eigenvalue weighted by atomic mass is 19.1. The zero-order chi connectivity index (χ0) is 14.7. The molecule has 0 bridgehead atoms. The zero-order valence-electron chi connectivity index (χ0n) is 10.8. The molecule has 1 heterocycles. The molecule has 0 radical (unpaired) electrons. The highest BCUT2D eigenvalue weighted by molar-refractivity contribution is 5.88. The van der Waals surface area contributed by atoms with Gasteiger partial charge < -0.3 is 9.84 Å². The van der Waals surface area contributed by atoms with E-state index in [4.69, 9.17) is 9.84 Å². The van der Waals surface area contributed by atoms with E-state index in [9.17, 15) is 9.18 Å². The number of rotatable bonds is 3. The second kappa shape index (κ2) is 5.52. The summed E-state index contributed by atoms with van der Waals surface area (Å²) in [6.45, 7) is 1.82. The molecule has 0 saturated heterocycles. The van der Waals surface area contributed by atoms with Gasteiger partial charge in [-0.05, 0) is 18.6 Å². The van der Waals surface area contributed by atoms with Gasteiger partial charge in [-0.25, -0.2) is 19.2 Å². The summed E-state index contributed by atoms with van der Waals surface area (Å²) in [7, 11) is 1.36. The molecule has 1 aromatic carbocycles. The smallest absolute Gasteiger partial charge is 0.409 e. The van der Waals surface area contributed by atoms with Gasteiger partial charge in [0.05, 0.1) is 18.4 Å². The van der Waals surface area contributed by atoms with Crippen LogP contribution in [-0.2, 0) is 0 Å². The van der Waals surface area contributed by atoms with Gasteiger partial charge in [0.2, 0.25) is 0 Å². The van der Waals surface area contributed by atoms with Crippen LogP contribution in [0.25, 0.3) is 11.4 Å². The fourth-order valence-corrected chi connectivity index (χ4v) is 1.72. The number of hydrogen-bond acceptors (Lipinski definition) is 4. The Bertz CT molecular complexity index is 644. The quantitative estimate of drug-likeness (QED) is 0.901. The minimum atomic E-state index is -1.32. The van der Waals surface area contributed by atoms with Crippen LogP contribution in [-0.4, -0.2) is 28.3 Å². The minimum Gasteiger partial charge on any atom is -0.494 e. The number of amides is 1. The molecule has 0 saturated carbocycles. The number of carboxylic acid groups (broad SMARTS) is 1. The van der Waals surface area contributed by atoms with Crippen molar-refractivity contribution in [2.24, 2.45) is 0 Å². The predicted octanol–water partition coefficient (Wildman–Crippen LogP) is 2.69. The van der Waals surface area contributed by atoms with E-state index in [-0.39, 0.29) is 22.8 Å². The van der Waals surface area contributed by atoms with Crippen molar-refractivity contribution in [3.63, 3.8) is 0 Å². The van der Waals surface area contributed by atoms with Crippen LogP contribution < -0.4 is 10.1 Å².